The van der Waals surface area contributed by atoms with Gasteiger partial charge in [0.1, 0.15) is 16.6 Å². The number of aliphatic imine (C=N–C) groups is 1. The first-order chi connectivity index (χ1) is 16.5. The van der Waals surface area contributed by atoms with Crippen LogP contribution in [0.1, 0.15) is 39.4 Å². The first-order valence-electron chi connectivity index (χ1n) is 10.8. The molecule has 8 nitrogen and oxygen atoms in total. The Morgan fingerprint density at radius 2 is 1.76 bits per heavy atom. The Morgan fingerprint density at radius 1 is 1.03 bits per heavy atom. The Hall–Kier alpha value is -3.98. The van der Waals surface area contributed by atoms with Crippen LogP contribution < -0.4 is 15.4 Å². The standard InChI is InChI=1S/C25H24N6O2S/c1-14-15(2)34-24-20(14)21(17-10-6-5-7-11-17)27-22(23-30-29-16(3)31(23)24)28-25(32)26-18-12-8-9-13-19(18)33-4/h5-13,22H,1-4H3,(H2,26,28,32). The van der Waals surface area contributed by atoms with E-state index in [0.29, 0.717) is 17.3 Å². The molecule has 1 unspecified atom stereocenters. The molecule has 172 valence electrons. The number of carbonyl (C=O) groups is 1. The summed E-state index contributed by atoms with van der Waals surface area (Å²) in [5.41, 5.74) is 4.53. The van der Waals surface area contributed by atoms with E-state index in [2.05, 4.69) is 34.7 Å². The molecule has 5 rings (SSSR count). The fraction of sp³-hybridized carbons (Fsp3) is 0.200. The van der Waals surface area contributed by atoms with Gasteiger partial charge in [-0.2, -0.15) is 0 Å². The maximum absolute atomic E-state index is 13.1. The molecule has 1 aliphatic rings. The summed E-state index contributed by atoms with van der Waals surface area (Å²) in [4.78, 5) is 19.3. The summed E-state index contributed by atoms with van der Waals surface area (Å²) in [6.07, 6.45) is -0.745. The fourth-order valence-electron chi connectivity index (χ4n) is 4.05. The van der Waals surface area contributed by atoms with Gasteiger partial charge in [0.05, 0.1) is 18.5 Å². The van der Waals surface area contributed by atoms with Crippen LogP contribution in [0.25, 0.3) is 5.00 Å². The van der Waals surface area contributed by atoms with E-state index >= 15 is 0 Å². The number of urea groups is 1. The monoisotopic (exact) mass is 472 g/mol. The lowest BCUT2D eigenvalue weighted by Gasteiger charge is -2.16. The molecular weight excluding hydrogens is 448 g/mol. The van der Waals surface area contributed by atoms with Gasteiger partial charge in [-0.15, -0.1) is 21.5 Å². The van der Waals surface area contributed by atoms with Crippen LogP contribution >= 0.6 is 11.3 Å². The Bertz CT molecular complexity index is 1410. The number of amides is 2. The lowest BCUT2D eigenvalue weighted by Crippen LogP contribution is -2.33. The van der Waals surface area contributed by atoms with Gasteiger partial charge in [-0.1, -0.05) is 42.5 Å². The predicted octanol–water partition coefficient (Wildman–Crippen LogP) is 4.93. The van der Waals surface area contributed by atoms with Crippen molar-refractivity contribution in [2.75, 3.05) is 12.4 Å². The van der Waals surface area contributed by atoms with Gasteiger partial charge in [-0.3, -0.25) is 9.56 Å². The Kier molecular flexibility index (Phi) is 5.62. The summed E-state index contributed by atoms with van der Waals surface area (Å²) >= 11 is 1.68. The highest BCUT2D eigenvalue weighted by Gasteiger charge is 2.32. The average Bonchev–Trinajstić information content (AvgIpc) is 3.32. The second-order valence-electron chi connectivity index (χ2n) is 7.95. The van der Waals surface area contributed by atoms with Gasteiger partial charge in [-0.25, -0.2) is 4.79 Å². The molecule has 0 bridgehead atoms. The highest BCUT2D eigenvalue weighted by atomic mass is 32.1. The number of thiophene rings is 1. The lowest BCUT2D eigenvalue weighted by molar-refractivity contribution is 0.248. The largest absolute Gasteiger partial charge is 0.495 e. The van der Waals surface area contributed by atoms with E-state index in [4.69, 9.17) is 9.73 Å². The Morgan fingerprint density at radius 3 is 2.53 bits per heavy atom. The molecule has 2 aromatic heterocycles. The number of anilines is 1. The molecule has 2 aromatic carbocycles. The van der Waals surface area contributed by atoms with E-state index < -0.39 is 12.2 Å². The number of hydrogen-bond donors (Lipinski definition) is 2. The minimum atomic E-state index is -0.745. The van der Waals surface area contributed by atoms with Crippen molar-refractivity contribution in [3.05, 3.63) is 87.8 Å². The quantitative estimate of drug-likeness (QED) is 0.440. The minimum absolute atomic E-state index is 0.420. The number of para-hydroxylation sites is 2. The van der Waals surface area contributed by atoms with Crippen molar-refractivity contribution in [3.8, 4) is 10.8 Å². The van der Waals surface area contributed by atoms with Gasteiger partial charge in [-0.05, 0) is 38.5 Å². The van der Waals surface area contributed by atoms with Crippen LogP contribution in [0.3, 0.4) is 0 Å². The van der Waals surface area contributed by atoms with Crippen LogP contribution in [0.15, 0.2) is 59.6 Å². The average molecular weight is 473 g/mol. The second kappa shape index (κ2) is 8.75. The van der Waals surface area contributed by atoms with Crippen LogP contribution in [-0.2, 0) is 0 Å². The number of aryl methyl sites for hydroxylation is 2. The summed E-state index contributed by atoms with van der Waals surface area (Å²) in [5, 5.41) is 15.5. The molecule has 34 heavy (non-hydrogen) atoms. The third-order valence-corrected chi connectivity index (χ3v) is 7.02. The van der Waals surface area contributed by atoms with Crippen LogP contribution in [0.5, 0.6) is 5.75 Å². The molecule has 2 N–H and O–H groups in total. The molecule has 9 heteroatoms. The number of methoxy groups -OCH3 is 1. The molecular formula is C25H24N6O2S. The number of benzene rings is 2. The molecule has 0 saturated heterocycles. The number of nitrogens with zero attached hydrogens (tertiary/aromatic N) is 4. The van der Waals surface area contributed by atoms with Crippen molar-refractivity contribution < 1.29 is 9.53 Å². The van der Waals surface area contributed by atoms with Gasteiger partial charge in [0.2, 0.25) is 0 Å². The van der Waals surface area contributed by atoms with Crippen LogP contribution in [-0.4, -0.2) is 33.6 Å². The minimum Gasteiger partial charge on any atom is -0.495 e. The van der Waals surface area contributed by atoms with Gasteiger partial charge in [0.25, 0.3) is 0 Å². The first-order valence-corrected chi connectivity index (χ1v) is 11.7. The highest BCUT2D eigenvalue weighted by Crippen LogP contribution is 2.38. The summed E-state index contributed by atoms with van der Waals surface area (Å²) < 4.78 is 7.35. The smallest absolute Gasteiger partial charge is 0.321 e. The molecule has 0 spiro atoms. The second-order valence-corrected chi connectivity index (χ2v) is 9.15. The third kappa shape index (κ3) is 3.73. The number of carbonyl (C=O) groups excluding carboxylic acids is 1. The molecule has 1 aliphatic heterocycles. The third-order valence-electron chi connectivity index (χ3n) is 5.83. The Labute approximate surface area is 201 Å². The van der Waals surface area contributed by atoms with Crippen LogP contribution in [0.4, 0.5) is 10.5 Å². The summed E-state index contributed by atoms with van der Waals surface area (Å²) in [6.45, 7) is 6.11. The highest BCUT2D eigenvalue weighted by molar-refractivity contribution is 7.15. The van der Waals surface area contributed by atoms with E-state index in [9.17, 15) is 4.79 Å². The first kappa shape index (κ1) is 21.8. The van der Waals surface area contributed by atoms with E-state index in [1.54, 1.807) is 30.6 Å². The molecule has 2 amide bonds. The van der Waals surface area contributed by atoms with Crippen molar-refractivity contribution in [2.45, 2.75) is 26.9 Å². The van der Waals surface area contributed by atoms with Crippen molar-refractivity contribution in [2.24, 2.45) is 4.99 Å². The van der Waals surface area contributed by atoms with Crippen molar-refractivity contribution >= 4 is 28.8 Å². The number of ether oxygens (including phenoxy) is 1. The van der Waals surface area contributed by atoms with Crippen LogP contribution in [0, 0.1) is 20.8 Å². The normalized spacial score (nSPS) is 14.5. The maximum Gasteiger partial charge on any atom is 0.321 e. The molecule has 0 aliphatic carbocycles. The van der Waals surface area contributed by atoms with E-state index in [0.717, 1.165) is 33.2 Å². The number of rotatable bonds is 4. The van der Waals surface area contributed by atoms with Crippen LogP contribution in [0.2, 0.25) is 0 Å². The van der Waals surface area contributed by atoms with Gasteiger partial charge >= 0.3 is 6.03 Å². The SMILES string of the molecule is COc1ccccc1NC(=O)NC1N=C(c2ccccc2)c2c(sc(C)c2C)-n2c(C)nnc21. The lowest BCUT2D eigenvalue weighted by atomic mass is 10.00. The molecule has 1 atom stereocenters. The number of hydrogen-bond acceptors (Lipinski definition) is 6. The zero-order valence-corrected chi connectivity index (χ0v) is 20.1. The number of nitrogens with one attached hydrogen (secondary N) is 2. The van der Waals surface area contributed by atoms with Gasteiger partial charge in [0, 0.05) is 16.0 Å². The van der Waals surface area contributed by atoms with Gasteiger partial charge in [0.15, 0.2) is 12.0 Å². The van der Waals surface area contributed by atoms with Gasteiger partial charge < -0.3 is 15.4 Å². The van der Waals surface area contributed by atoms with Crippen molar-refractivity contribution in [1.82, 2.24) is 20.1 Å². The predicted molar refractivity (Wildman–Crippen MR) is 133 cm³/mol. The molecule has 0 fully saturated rings. The number of aromatic nitrogens is 3. The van der Waals surface area contributed by atoms with E-state index in [-0.39, 0.29) is 0 Å². The zero-order valence-electron chi connectivity index (χ0n) is 19.3. The summed E-state index contributed by atoms with van der Waals surface area (Å²) in [7, 11) is 1.56. The summed E-state index contributed by atoms with van der Waals surface area (Å²) in [6, 6.07) is 16.8. The van der Waals surface area contributed by atoms with E-state index in [1.807, 2.05) is 54.0 Å². The zero-order chi connectivity index (χ0) is 23.8. The van der Waals surface area contributed by atoms with Crippen molar-refractivity contribution in [3.63, 3.8) is 0 Å². The van der Waals surface area contributed by atoms with E-state index in [1.165, 1.54) is 4.88 Å². The maximum atomic E-state index is 13.1. The Balaban J connectivity index is 1.61. The number of fused-ring (bicyclic) bond motifs is 3. The van der Waals surface area contributed by atoms with Crippen molar-refractivity contribution in [1.29, 1.82) is 0 Å². The fourth-order valence-corrected chi connectivity index (χ4v) is 5.26. The molecule has 0 saturated carbocycles. The summed E-state index contributed by atoms with van der Waals surface area (Å²) in [5.74, 6) is 1.86. The molecule has 4 aromatic rings. The molecule has 3 heterocycles. The molecule has 0 radical (unpaired) electrons. The topological polar surface area (TPSA) is 93.4 Å².